The van der Waals surface area contributed by atoms with E-state index < -0.39 is 6.03 Å². The lowest BCUT2D eigenvalue weighted by molar-refractivity contribution is -0.121. The largest absolute Gasteiger partial charge is 0.454 e. The number of nitrogens with two attached hydrogens (primary N) is 1. The van der Waals surface area contributed by atoms with Crippen LogP contribution in [0.5, 0.6) is 11.5 Å². The minimum atomic E-state index is -0.607. The molecule has 0 atom stereocenters. The summed E-state index contributed by atoms with van der Waals surface area (Å²) in [7, 11) is 0. The Labute approximate surface area is 145 Å². The highest BCUT2D eigenvalue weighted by Gasteiger charge is 2.13. The topological polar surface area (TPSA) is 103 Å². The van der Waals surface area contributed by atoms with Crippen molar-refractivity contribution < 1.29 is 19.1 Å². The lowest BCUT2D eigenvalue weighted by Gasteiger charge is -2.07. The first kappa shape index (κ1) is 16.6. The maximum absolute atomic E-state index is 12.0. The molecule has 130 valence electrons. The van der Waals surface area contributed by atoms with Gasteiger partial charge in [0.15, 0.2) is 11.5 Å². The Morgan fingerprint density at radius 1 is 1.00 bits per heavy atom. The highest BCUT2D eigenvalue weighted by molar-refractivity contribution is 5.87. The van der Waals surface area contributed by atoms with Crippen LogP contribution in [0.2, 0.25) is 0 Å². The first-order valence-corrected chi connectivity index (χ1v) is 7.91. The minimum absolute atomic E-state index is 0.0306. The molecule has 7 heteroatoms. The summed E-state index contributed by atoms with van der Waals surface area (Å²) < 4.78 is 10.6. The molecule has 25 heavy (non-hydrogen) atoms. The Kier molecular flexibility index (Phi) is 5.03. The molecule has 2 aromatic rings. The number of ether oxygens (including phenoxy) is 2. The zero-order valence-electron chi connectivity index (χ0n) is 13.6. The summed E-state index contributed by atoms with van der Waals surface area (Å²) in [6.07, 6.45) is 1.02. The number of hydrogen-bond acceptors (Lipinski definition) is 4. The molecule has 0 aromatic heterocycles. The molecule has 0 saturated carbocycles. The first-order chi connectivity index (χ1) is 12.1. The number of urea groups is 1. The molecular formula is C18H19N3O4. The molecule has 0 aliphatic carbocycles. The van der Waals surface area contributed by atoms with E-state index in [1.165, 1.54) is 0 Å². The van der Waals surface area contributed by atoms with Crippen LogP contribution in [0, 0.1) is 0 Å². The summed E-state index contributed by atoms with van der Waals surface area (Å²) in [5, 5.41) is 5.36. The summed E-state index contributed by atoms with van der Waals surface area (Å²) in [6.45, 7) is 0.670. The Morgan fingerprint density at radius 3 is 2.48 bits per heavy atom. The van der Waals surface area contributed by atoms with E-state index in [0.717, 1.165) is 22.6 Å². The molecule has 0 fully saturated rings. The van der Waals surface area contributed by atoms with Gasteiger partial charge in [-0.15, -0.1) is 0 Å². The minimum Gasteiger partial charge on any atom is -0.454 e. The zero-order valence-corrected chi connectivity index (χ0v) is 13.6. The van der Waals surface area contributed by atoms with Crippen LogP contribution in [-0.2, 0) is 17.8 Å². The van der Waals surface area contributed by atoms with Gasteiger partial charge >= 0.3 is 6.03 Å². The number of amides is 3. The molecular weight excluding hydrogens is 322 g/mol. The summed E-state index contributed by atoms with van der Waals surface area (Å²) >= 11 is 0. The van der Waals surface area contributed by atoms with Gasteiger partial charge in [-0.25, -0.2) is 4.79 Å². The number of benzene rings is 2. The fourth-order valence-corrected chi connectivity index (χ4v) is 2.49. The molecule has 1 aliphatic heterocycles. The van der Waals surface area contributed by atoms with E-state index in [9.17, 15) is 9.59 Å². The van der Waals surface area contributed by atoms with Crippen LogP contribution < -0.4 is 25.8 Å². The number of aryl methyl sites for hydroxylation is 1. The molecule has 0 unspecified atom stereocenters. The number of rotatable bonds is 6. The Bertz CT molecular complexity index is 774. The predicted molar refractivity (Wildman–Crippen MR) is 92.4 cm³/mol. The van der Waals surface area contributed by atoms with E-state index in [4.69, 9.17) is 15.2 Å². The summed E-state index contributed by atoms with van der Waals surface area (Å²) in [5.74, 6) is 1.43. The van der Waals surface area contributed by atoms with E-state index in [0.29, 0.717) is 25.1 Å². The van der Waals surface area contributed by atoms with E-state index >= 15 is 0 Å². The normalized spacial score (nSPS) is 11.8. The number of fused-ring (bicyclic) bond motifs is 1. The molecule has 0 bridgehead atoms. The van der Waals surface area contributed by atoms with Crippen molar-refractivity contribution in [2.24, 2.45) is 5.73 Å². The molecule has 3 rings (SSSR count). The van der Waals surface area contributed by atoms with Crippen LogP contribution in [0.1, 0.15) is 17.5 Å². The molecule has 7 nitrogen and oxygen atoms in total. The van der Waals surface area contributed by atoms with Gasteiger partial charge in [0.1, 0.15) is 0 Å². The maximum atomic E-state index is 12.0. The molecule has 1 aliphatic rings. The van der Waals surface area contributed by atoms with Crippen molar-refractivity contribution in [2.75, 3.05) is 12.1 Å². The highest BCUT2D eigenvalue weighted by Crippen LogP contribution is 2.32. The van der Waals surface area contributed by atoms with Crippen LogP contribution in [0.3, 0.4) is 0 Å². The molecule has 4 N–H and O–H groups in total. The fourth-order valence-electron chi connectivity index (χ4n) is 2.49. The summed E-state index contributed by atoms with van der Waals surface area (Å²) in [6, 6.07) is 12.2. The smallest absolute Gasteiger partial charge is 0.316 e. The van der Waals surface area contributed by atoms with Crippen molar-refractivity contribution in [1.29, 1.82) is 0 Å². The average Bonchev–Trinajstić information content (AvgIpc) is 3.06. The van der Waals surface area contributed by atoms with Crippen LogP contribution in [0.15, 0.2) is 42.5 Å². The predicted octanol–water partition coefficient (Wildman–Crippen LogP) is 2.15. The summed E-state index contributed by atoms with van der Waals surface area (Å²) in [5.41, 5.74) is 7.63. The molecule has 3 amide bonds. The number of anilines is 1. The van der Waals surface area contributed by atoms with Crippen molar-refractivity contribution in [1.82, 2.24) is 5.32 Å². The van der Waals surface area contributed by atoms with Crippen LogP contribution in [0.4, 0.5) is 10.5 Å². The van der Waals surface area contributed by atoms with Gasteiger partial charge in [-0.1, -0.05) is 18.2 Å². The monoisotopic (exact) mass is 341 g/mol. The second-order valence-corrected chi connectivity index (χ2v) is 5.65. The van der Waals surface area contributed by atoms with Gasteiger partial charge in [0.25, 0.3) is 0 Å². The molecule has 0 spiro atoms. The van der Waals surface area contributed by atoms with Crippen molar-refractivity contribution >= 4 is 17.6 Å². The van der Waals surface area contributed by atoms with E-state index in [1.807, 2.05) is 30.3 Å². The van der Waals surface area contributed by atoms with Gasteiger partial charge in [0.05, 0.1) is 0 Å². The lowest BCUT2D eigenvalue weighted by Crippen LogP contribution is -2.23. The number of carbonyl (C=O) groups excluding carboxylic acids is 2. The van der Waals surface area contributed by atoms with Crippen molar-refractivity contribution in [3.05, 3.63) is 53.6 Å². The third kappa shape index (κ3) is 4.63. The number of primary amides is 1. The quantitative estimate of drug-likeness (QED) is 0.749. The third-order valence-corrected chi connectivity index (χ3v) is 3.79. The second-order valence-electron chi connectivity index (χ2n) is 5.65. The fraction of sp³-hybridized carbons (Fsp3) is 0.222. The van der Waals surface area contributed by atoms with Crippen LogP contribution in [0.25, 0.3) is 0 Å². The van der Waals surface area contributed by atoms with Gasteiger partial charge in [-0.05, 0) is 41.8 Å². The van der Waals surface area contributed by atoms with E-state index in [-0.39, 0.29) is 12.7 Å². The van der Waals surface area contributed by atoms with Gasteiger partial charge in [0.2, 0.25) is 12.7 Å². The Hall–Kier alpha value is -3.22. The zero-order chi connectivity index (χ0) is 17.6. The second kappa shape index (κ2) is 7.57. The van der Waals surface area contributed by atoms with Crippen molar-refractivity contribution in [2.45, 2.75) is 19.4 Å². The third-order valence-electron chi connectivity index (χ3n) is 3.79. The van der Waals surface area contributed by atoms with Gasteiger partial charge < -0.3 is 25.8 Å². The molecule has 2 aromatic carbocycles. The average molecular weight is 341 g/mol. The van der Waals surface area contributed by atoms with E-state index in [1.54, 1.807) is 12.1 Å². The summed E-state index contributed by atoms with van der Waals surface area (Å²) in [4.78, 5) is 22.8. The van der Waals surface area contributed by atoms with Gasteiger partial charge in [-0.3, -0.25) is 4.79 Å². The number of hydrogen-bond donors (Lipinski definition) is 3. The Morgan fingerprint density at radius 2 is 1.72 bits per heavy atom. The van der Waals surface area contributed by atoms with Crippen molar-refractivity contribution in [3.63, 3.8) is 0 Å². The number of carbonyl (C=O) groups is 2. The SMILES string of the molecule is NC(=O)Nc1ccc(CNC(=O)CCc2ccc3c(c2)OCO3)cc1. The van der Waals surface area contributed by atoms with Crippen LogP contribution in [-0.4, -0.2) is 18.7 Å². The lowest BCUT2D eigenvalue weighted by atomic mass is 10.1. The van der Waals surface area contributed by atoms with Gasteiger partial charge in [-0.2, -0.15) is 0 Å². The van der Waals surface area contributed by atoms with Crippen LogP contribution >= 0.6 is 0 Å². The van der Waals surface area contributed by atoms with Crippen molar-refractivity contribution in [3.8, 4) is 11.5 Å². The molecule has 0 radical (unpaired) electrons. The molecule has 0 saturated heterocycles. The maximum Gasteiger partial charge on any atom is 0.316 e. The highest BCUT2D eigenvalue weighted by atomic mass is 16.7. The van der Waals surface area contributed by atoms with E-state index in [2.05, 4.69) is 10.6 Å². The Balaban J connectivity index is 1.44. The molecule has 1 heterocycles. The standard InChI is InChI=1S/C18H19N3O4/c19-18(23)21-14-5-1-13(2-6-14)10-20-17(22)8-4-12-3-7-15-16(9-12)25-11-24-15/h1-3,5-7,9H,4,8,10-11H2,(H,20,22)(H3,19,21,23). The van der Waals surface area contributed by atoms with Gasteiger partial charge in [0, 0.05) is 18.7 Å². The first-order valence-electron chi connectivity index (χ1n) is 7.91. The number of nitrogens with one attached hydrogen (secondary N) is 2.